The third kappa shape index (κ3) is 3.56. The van der Waals surface area contributed by atoms with Crippen molar-refractivity contribution in [1.29, 1.82) is 0 Å². The van der Waals surface area contributed by atoms with Crippen LogP contribution in [0.15, 0.2) is 6.20 Å². The van der Waals surface area contributed by atoms with Gasteiger partial charge in [0, 0.05) is 12.6 Å². The highest BCUT2D eigenvalue weighted by Crippen LogP contribution is 2.35. The van der Waals surface area contributed by atoms with Crippen LogP contribution >= 0.6 is 0 Å². The van der Waals surface area contributed by atoms with Gasteiger partial charge in [-0.1, -0.05) is 31.9 Å². The van der Waals surface area contributed by atoms with Crippen LogP contribution in [0.3, 0.4) is 0 Å². The van der Waals surface area contributed by atoms with Gasteiger partial charge in [-0.15, -0.1) is 5.10 Å². The van der Waals surface area contributed by atoms with Crippen molar-refractivity contribution in [1.82, 2.24) is 20.3 Å². The van der Waals surface area contributed by atoms with Gasteiger partial charge in [0.2, 0.25) is 0 Å². The van der Waals surface area contributed by atoms with Gasteiger partial charge in [-0.05, 0) is 39.0 Å². The molecule has 108 valence electrons. The Hall–Kier alpha value is -0.900. The Morgan fingerprint density at radius 2 is 2.11 bits per heavy atom. The number of rotatable bonds is 3. The fraction of sp³-hybridized carbons (Fsp3) is 0.867. The van der Waals surface area contributed by atoms with Crippen LogP contribution in [-0.4, -0.2) is 21.0 Å². The van der Waals surface area contributed by atoms with E-state index in [1.165, 1.54) is 25.7 Å². The first-order chi connectivity index (χ1) is 8.79. The van der Waals surface area contributed by atoms with E-state index in [1.807, 2.05) is 4.68 Å². The zero-order valence-electron chi connectivity index (χ0n) is 13.0. The van der Waals surface area contributed by atoms with Crippen LogP contribution in [0.2, 0.25) is 0 Å². The van der Waals surface area contributed by atoms with E-state index in [2.05, 4.69) is 56.4 Å². The second-order valence-corrected chi connectivity index (χ2v) is 7.49. The minimum Gasteiger partial charge on any atom is -0.308 e. The summed E-state index contributed by atoms with van der Waals surface area (Å²) in [5, 5.41) is 12.2. The maximum Gasteiger partial charge on any atom is 0.0965 e. The number of hydrogen-bond donors (Lipinski definition) is 1. The van der Waals surface area contributed by atoms with E-state index in [-0.39, 0.29) is 5.54 Å². The SMILES string of the molecule is CC1(C)CCCC[C@H]1NCc1cn(C(C)(C)C)nn1. The molecule has 1 N–H and O–H groups in total. The van der Waals surface area contributed by atoms with Gasteiger partial charge in [0.05, 0.1) is 17.4 Å². The molecule has 2 rings (SSSR count). The van der Waals surface area contributed by atoms with Gasteiger partial charge in [0.1, 0.15) is 0 Å². The molecule has 1 fully saturated rings. The molecule has 1 atom stereocenters. The molecule has 0 aliphatic heterocycles. The molecule has 1 saturated carbocycles. The molecular weight excluding hydrogens is 236 g/mol. The summed E-state index contributed by atoms with van der Waals surface area (Å²) in [6.07, 6.45) is 7.36. The van der Waals surface area contributed by atoms with Gasteiger partial charge in [-0.2, -0.15) is 0 Å². The second kappa shape index (κ2) is 5.23. The highest BCUT2D eigenvalue weighted by atomic mass is 15.4. The molecule has 4 nitrogen and oxygen atoms in total. The van der Waals surface area contributed by atoms with Gasteiger partial charge in [-0.25, -0.2) is 4.68 Å². The van der Waals surface area contributed by atoms with Crippen LogP contribution in [0, 0.1) is 5.41 Å². The Labute approximate surface area is 117 Å². The van der Waals surface area contributed by atoms with Gasteiger partial charge in [0.25, 0.3) is 0 Å². The van der Waals surface area contributed by atoms with Crippen molar-refractivity contribution >= 4 is 0 Å². The summed E-state index contributed by atoms with van der Waals surface area (Å²) in [4.78, 5) is 0. The fourth-order valence-corrected chi connectivity index (χ4v) is 2.81. The Balaban J connectivity index is 1.93. The minimum atomic E-state index is 0.00929. The summed E-state index contributed by atoms with van der Waals surface area (Å²) < 4.78 is 1.94. The second-order valence-electron chi connectivity index (χ2n) is 7.49. The molecule has 1 aliphatic carbocycles. The van der Waals surface area contributed by atoms with Crippen LogP contribution in [0.25, 0.3) is 0 Å². The molecule has 4 heteroatoms. The fourth-order valence-electron chi connectivity index (χ4n) is 2.81. The summed E-state index contributed by atoms with van der Waals surface area (Å²) in [6.45, 7) is 12.0. The van der Waals surface area contributed by atoms with Gasteiger partial charge in [-0.3, -0.25) is 0 Å². The highest BCUT2D eigenvalue weighted by Gasteiger charge is 2.31. The van der Waals surface area contributed by atoms with Crippen LogP contribution in [0.1, 0.15) is 66.0 Å². The van der Waals surface area contributed by atoms with E-state index in [0.717, 1.165) is 12.2 Å². The van der Waals surface area contributed by atoms with E-state index >= 15 is 0 Å². The first-order valence-electron chi connectivity index (χ1n) is 7.44. The van der Waals surface area contributed by atoms with Crippen molar-refractivity contribution in [2.75, 3.05) is 0 Å². The molecule has 1 aromatic rings. The summed E-state index contributed by atoms with van der Waals surface area (Å²) >= 11 is 0. The predicted molar refractivity (Wildman–Crippen MR) is 77.9 cm³/mol. The van der Waals surface area contributed by atoms with E-state index in [9.17, 15) is 0 Å². The quantitative estimate of drug-likeness (QED) is 0.912. The van der Waals surface area contributed by atoms with Gasteiger partial charge in [0.15, 0.2) is 0 Å². The van der Waals surface area contributed by atoms with Crippen molar-refractivity contribution in [3.63, 3.8) is 0 Å². The van der Waals surface area contributed by atoms with Crippen molar-refractivity contribution in [3.8, 4) is 0 Å². The minimum absolute atomic E-state index is 0.00929. The molecule has 0 spiro atoms. The Kier molecular flexibility index (Phi) is 4.00. The molecule has 0 aromatic carbocycles. The largest absolute Gasteiger partial charge is 0.308 e. The molecule has 1 aliphatic rings. The van der Waals surface area contributed by atoms with Crippen molar-refractivity contribution in [2.45, 2.75) is 78.4 Å². The Morgan fingerprint density at radius 3 is 2.68 bits per heavy atom. The molecular formula is C15H28N4. The smallest absolute Gasteiger partial charge is 0.0965 e. The summed E-state index contributed by atoms with van der Waals surface area (Å²) in [7, 11) is 0. The lowest BCUT2D eigenvalue weighted by Gasteiger charge is -2.39. The lowest BCUT2D eigenvalue weighted by molar-refractivity contribution is 0.166. The first-order valence-corrected chi connectivity index (χ1v) is 7.44. The molecule has 1 aromatic heterocycles. The van der Waals surface area contributed by atoms with Crippen molar-refractivity contribution in [2.24, 2.45) is 5.41 Å². The third-order valence-corrected chi connectivity index (χ3v) is 4.26. The molecule has 0 radical (unpaired) electrons. The molecule has 0 saturated heterocycles. The number of hydrogen-bond acceptors (Lipinski definition) is 3. The number of nitrogens with one attached hydrogen (secondary N) is 1. The zero-order valence-corrected chi connectivity index (χ0v) is 13.0. The zero-order chi connectivity index (χ0) is 14.1. The lowest BCUT2D eigenvalue weighted by atomic mass is 9.73. The van der Waals surface area contributed by atoms with Gasteiger partial charge < -0.3 is 5.32 Å². The van der Waals surface area contributed by atoms with E-state index in [1.54, 1.807) is 0 Å². The Bertz CT molecular complexity index is 414. The topological polar surface area (TPSA) is 42.7 Å². The Morgan fingerprint density at radius 1 is 1.37 bits per heavy atom. The molecule has 0 unspecified atom stereocenters. The molecule has 1 heterocycles. The van der Waals surface area contributed by atoms with Crippen LogP contribution in [-0.2, 0) is 12.1 Å². The maximum absolute atomic E-state index is 4.27. The standard InChI is InChI=1S/C15H28N4/c1-14(2,3)19-11-12(17-18-19)10-16-13-8-6-7-9-15(13,4)5/h11,13,16H,6-10H2,1-5H3/t13-/m1/s1. The summed E-state index contributed by atoms with van der Waals surface area (Å²) in [5.41, 5.74) is 1.45. The average Bonchev–Trinajstić information content (AvgIpc) is 2.75. The normalized spacial score (nSPS) is 23.5. The first kappa shape index (κ1) is 14.5. The molecule has 0 amide bonds. The van der Waals surface area contributed by atoms with Crippen LogP contribution < -0.4 is 5.32 Å². The average molecular weight is 264 g/mol. The van der Waals surface area contributed by atoms with Gasteiger partial charge >= 0.3 is 0 Å². The predicted octanol–water partition coefficient (Wildman–Crippen LogP) is 3.09. The summed E-state index contributed by atoms with van der Waals surface area (Å²) in [6, 6.07) is 0.598. The van der Waals surface area contributed by atoms with Crippen molar-refractivity contribution < 1.29 is 0 Å². The van der Waals surface area contributed by atoms with E-state index in [0.29, 0.717) is 11.5 Å². The highest BCUT2D eigenvalue weighted by molar-refractivity contribution is 4.96. The molecule has 0 bridgehead atoms. The van der Waals surface area contributed by atoms with Crippen LogP contribution in [0.4, 0.5) is 0 Å². The van der Waals surface area contributed by atoms with E-state index in [4.69, 9.17) is 0 Å². The van der Waals surface area contributed by atoms with E-state index < -0.39 is 0 Å². The monoisotopic (exact) mass is 264 g/mol. The lowest BCUT2D eigenvalue weighted by Crippen LogP contribution is -2.43. The third-order valence-electron chi connectivity index (χ3n) is 4.26. The van der Waals surface area contributed by atoms with Crippen LogP contribution in [0.5, 0.6) is 0 Å². The number of nitrogens with zero attached hydrogens (tertiary/aromatic N) is 3. The summed E-state index contributed by atoms with van der Waals surface area (Å²) in [5.74, 6) is 0. The number of aromatic nitrogens is 3. The molecule has 19 heavy (non-hydrogen) atoms. The van der Waals surface area contributed by atoms with Crippen molar-refractivity contribution in [3.05, 3.63) is 11.9 Å². The maximum atomic E-state index is 4.27.